The lowest BCUT2D eigenvalue weighted by Crippen LogP contribution is -2.53. The van der Waals surface area contributed by atoms with E-state index >= 15 is 0 Å². The molecule has 3 aromatic rings. The lowest BCUT2D eigenvalue weighted by atomic mass is 9.94. The van der Waals surface area contributed by atoms with Crippen LogP contribution in [0.4, 0.5) is 0 Å². The Morgan fingerprint density at radius 3 is 2.24 bits per heavy atom. The van der Waals surface area contributed by atoms with Gasteiger partial charge in [0.15, 0.2) is 6.61 Å². The Hall–Kier alpha value is -3.60. The molecular weight excluding hydrogens is 472 g/mol. The van der Waals surface area contributed by atoms with Crippen molar-refractivity contribution in [3.05, 3.63) is 101 Å². The summed E-state index contributed by atoms with van der Waals surface area (Å²) in [6, 6.07) is 23.5. The van der Waals surface area contributed by atoms with Gasteiger partial charge in [0.2, 0.25) is 5.91 Å². The van der Waals surface area contributed by atoms with E-state index < -0.39 is 6.04 Å². The lowest BCUT2D eigenvalue weighted by molar-refractivity contribution is -0.143. The number of hydrogen-bond acceptors (Lipinski definition) is 3. The second-order valence-electron chi connectivity index (χ2n) is 10.6. The van der Waals surface area contributed by atoms with Crippen LogP contribution in [-0.2, 0) is 22.6 Å². The van der Waals surface area contributed by atoms with Gasteiger partial charge in [-0.05, 0) is 56.4 Å². The third kappa shape index (κ3) is 7.70. The van der Waals surface area contributed by atoms with Crippen LogP contribution in [0.1, 0.15) is 59.9 Å². The second kappa shape index (κ2) is 13.3. The van der Waals surface area contributed by atoms with E-state index in [4.69, 9.17) is 4.74 Å². The molecule has 1 atom stereocenters. The molecule has 1 aliphatic carbocycles. The van der Waals surface area contributed by atoms with Gasteiger partial charge in [0, 0.05) is 19.0 Å². The van der Waals surface area contributed by atoms with Gasteiger partial charge < -0.3 is 15.0 Å². The molecule has 0 unspecified atom stereocenters. The van der Waals surface area contributed by atoms with Crippen molar-refractivity contribution in [1.29, 1.82) is 0 Å². The van der Waals surface area contributed by atoms with Crippen LogP contribution in [0.2, 0.25) is 0 Å². The van der Waals surface area contributed by atoms with Gasteiger partial charge in [-0.1, -0.05) is 97.1 Å². The minimum absolute atomic E-state index is 0.0901. The fraction of sp³-hybridized carbons (Fsp3) is 0.394. The fourth-order valence-electron chi connectivity index (χ4n) is 5.17. The van der Waals surface area contributed by atoms with Gasteiger partial charge in [0.25, 0.3) is 5.91 Å². The number of carbonyl (C=O) groups is 2. The van der Waals surface area contributed by atoms with Crippen LogP contribution in [0.5, 0.6) is 5.75 Å². The fourth-order valence-corrected chi connectivity index (χ4v) is 5.17. The van der Waals surface area contributed by atoms with Crippen LogP contribution in [0.25, 0.3) is 0 Å². The zero-order valence-corrected chi connectivity index (χ0v) is 22.9. The van der Waals surface area contributed by atoms with E-state index in [0.717, 1.165) is 53.5 Å². The SMILES string of the molecule is Cc1ccc(CN(C(=O)COc2ccc(C)cc2C)[C@H](Cc2ccccc2)C(=O)NC2CCCCC2)cc1. The maximum Gasteiger partial charge on any atom is 0.261 e. The largest absolute Gasteiger partial charge is 0.483 e. The van der Waals surface area contributed by atoms with Crippen molar-refractivity contribution in [1.82, 2.24) is 10.2 Å². The first-order valence-electron chi connectivity index (χ1n) is 13.8. The molecule has 1 fully saturated rings. The standard InChI is InChI=1S/C33H40N2O3/c1-24-14-17-28(18-15-24)22-35(32(36)23-38-31-19-16-25(2)20-26(31)3)30(21-27-10-6-4-7-11-27)33(37)34-29-12-8-5-9-13-29/h4,6-7,10-11,14-20,29-30H,5,8-9,12-13,21-23H2,1-3H3,(H,34,37)/t30-/m1/s1. The molecule has 38 heavy (non-hydrogen) atoms. The summed E-state index contributed by atoms with van der Waals surface area (Å²) in [4.78, 5) is 29.3. The zero-order chi connectivity index (χ0) is 26.9. The summed E-state index contributed by atoms with van der Waals surface area (Å²) < 4.78 is 6.00. The number of hydrogen-bond donors (Lipinski definition) is 1. The molecule has 4 rings (SSSR count). The van der Waals surface area contributed by atoms with Gasteiger partial charge in [0.1, 0.15) is 11.8 Å². The van der Waals surface area contributed by atoms with Crippen LogP contribution in [0.3, 0.4) is 0 Å². The number of ether oxygens (including phenoxy) is 1. The Kier molecular flexibility index (Phi) is 9.58. The molecule has 0 radical (unpaired) electrons. The quantitative estimate of drug-likeness (QED) is 0.358. The molecule has 5 heteroatoms. The number of nitrogens with zero attached hydrogens (tertiary/aromatic N) is 1. The molecular formula is C33H40N2O3. The number of aryl methyl sites for hydroxylation is 3. The van der Waals surface area contributed by atoms with Crippen molar-refractivity contribution < 1.29 is 14.3 Å². The topological polar surface area (TPSA) is 58.6 Å². The van der Waals surface area contributed by atoms with Crippen LogP contribution in [0.15, 0.2) is 72.8 Å². The van der Waals surface area contributed by atoms with Crippen LogP contribution in [-0.4, -0.2) is 35.4 Å². The summed E-state index contributed by atoms with van der Waals surface area (Å²) in [7, 11) is 0. The van der Waals surface area contributed by atoms with Crippen molar-refractivity contribution in [2.75, 3.05) is 6.61 Å². The van der Waals surface area contributed by atoms with E-state index in [9.17, 15) is 9.59 Å². The van der Waals surface area contributed by atoms with Crippen molar-refractivity contribution in [2.24, 2.45) is 0 Å². The monoisotopic (exact) mass is 512 g/mol. The van der Waals surface area contributed by atoms with E-state index in [0.29, 0.717) is 18.7 Å². The number of rotatable bonds is 10. The van der Waals surface area contributed by atoms with Crippen molar-refractivity contribution in [3.63, 3.8) is 0 Å². The van der Waals surface area contributed by atoms with Crippen LogP contribution in [0, 0.1) is 20.8 Å². The predicted molar refractivity (Wildman–Crippen MR) is 152 cm³/mol. The van der Waals surface area contributed by atoms with Gasteiger partial charge in [-0.2, -0.15) is 0 Å². The van der Waals surface area contributed by atoms with Gasteiger partial charge in [-0.3, -0.25) is 9.59 Å². The minimum atomic E-state index is -0.643. The predicted octanol–water partition coefficient (Wildman–Crippen LogP) is 6.08. The Balaban J connectivity index is 1.61. The van der Waals surface area contributed by atoms with Crippen LogP contribution < -0.4 is 10.1 Å². The zero-order valence-electron chi connectivity index (χ0n) is 22.9. The van der Waals surface area contributed by atoms with E-state index in [1.54, 1.807) is 4.90 Å². The van der Waals surface area contributed by atoms with E-state index in [1.807, 2.05) is 93.6 Å². The summed E-state index contributed by atoms with van der Waals surface area (Å²) in [5, 5.41) is 3.28. The molecule has 1 aliphatic rings. The van der Waals surface area contributed by atoms with Gasteiger partial charge in [0.05, 0.1) is 0 Å². The molecule has 200 valence electrons. The Morgan fingerprint density at radius 1 is 0.868 bits per heavy atom. The lowest BCUT2D eigenvalue weighted by Gasteiger charge is -2.33. The molecule has 0 bridgehead atoms. The summed E-state index contributed by atoms with van der Waals surface area (Å²) in [5.41, 5.74) is 5.29. The van der Waals surface area contributed by atoms with Gasteiger partial charge in [-0.25, -0.2) is 0 Å². The molecule has 0 aromatic heterocycles. The maximum absolute atomic E-state index is 13.8. The number of benzene rings is 3. The third-order valence-electron chi connectivity index (χ3n) is 7.38. The van der Waals surface area contributed by atoms with Crippen molar-refractivity contribution in [2.45, 2.75) is 77.9 Å². The van der Waals surface area contributed by atoms with Gasteiger partial charge in [-0.15, -0.1) is 0 Å². The highest BCUT2D eigenvalue weighted by Crippen LogP contribution is 2.22. The minimum Gasteiger partial charge on any atom is -0.483 e. The summed E-state index contributed by atoms with van der Waals surface area (Å²) in [5.74, 6) is 0.392. The normalized spacial score (nSPS) is 14.5. The summed E-state index contributed by atoms with van der Waals surface area (Å²) >= 11 is 0. The molecule has 2 amide bonds. The first kappa shape index (κ1) is 27.4. The molecule has 5 nitrogen and oxygen atoms in total. The second-order valence-corrected chi connectivity index (χ2v) is 10.6. The Bertz CT molecular complexity index is 1200. The number of nitrogens with one attached hydrogen (secondary N) is 1. The van der Waals surface area contributed by atoms with E-state index in [1.165, 1.54) is 6.42 Å². The van der Waals surface area contributed by atoms with E-state index in [2.05, 4.69) is 5.32 Å². The highest BCUT2D eigenvalue weighted by Gasteiger charge is 2.32. The maximum atomic E-state index is 13.8. The number of carbonyl (C=O) groups excluding carboxylic acids is 2. The molecule has 1 N–H and O–H groups in total. The third-order valence-corrected chi connectivity index (χ3v) is 7.38. The number of amides is 2. The average molecular weight is 513 g/mol. The molecule has 3 aromatic carbocycles. The highest BCUT2D eigenvalue weighted by atomic mass is 16.5. The molecule has 0 aliphatic heterocycles. The smallest absolute Gasteiger partial charge is 0.261 e. The molecule has 0 spiro atoms. The van der Waals surface area contributed by atoms with Gasteiger partial charge >= 0.3 is 0 Å². The summed E-state index contributed by atoms with van der Waals surface area (Å²) in [6.45, 7) is 6.26. The van der Waals surface area contributed by atoms with Crippen molar-refractivity contribution in [3.8, 4) is 5.75 Å². The first-order valence-corrected chi connectivity index (χ1v) is 13.8. The molecule has 0 heterocycles. The summed E-state index contributed by atoms with van der Waals surface area (Å²) in [6.07, 6.45) is 5.90. The van der Waals surface area contributed by atoms with Crippen LogP contribution >= 0.6 is 0 Å². The Morgan fingerprint density at radius 2 is 1.55 bits per heavy atom. The molecule has 1 saturated carbocycles. The Labute approximate surface area is 227 Å². The highest BCUT2D eigenvalue weighted by molar-refractivity contribution is 5.88. The average Bonchev–Trinajstić information content (AvgIpc) is 2.92. The molecule has 0 saturated heterocycles. The first-order chi connectivity index (χ1) is 18.4. The van der Waals surface area contributed by atoms with Crippen molar-refractivity contribution >= 4 is 11.8 Å². The van der Waals surface area contributed by atoms with E-state index in [-0.39, 0.29) is 24.5 Å².